The van der Waals surface area contributed by atoms with E-state index in [0.29, 0.717) is 12.2 Å². The van der Waals surface area contributed by atoms with Crippen molar-refractivity contribution in [3.63, 3.8) is 0 Å². The molecule has 1 amide bonds. The zero-order chi connectivity index (χ0) is 16.8. The summed E-state index contributed by atoms with van der Waals surface area (Å²) in [5, 5.41) is 2.95. The van der Waals surface area contributed by atoms with Gasteiger partial charge in [0, 0.05) is 24.5 Å². The van der Waals surface area contributed by atoms with E-state index in [-0.39, 0.29) is 5.91 Å². The van der Waals surface area contributed by atoms with E-state index in [9.17, 15) is 4.79 Å². The quantitative estimate of drug-likeness (QED) is 0.870. The van der Waals surface area contributed by atoms with Crippen LogP contribution in [0.25, 0.3) is 0 Å². The summed E-state index contributed by atoms with van der Waals surface area (Å²) < 4.78 is 5.78. The number of benzene rings is 2. The predicted octanol–water partition coefficient (Wildman–Crippen LogP) is 4.08. The Morgan fingerprint density at radius 3 is 2.38 bits per heavy atom. The van der Waals surface area contributed by atoms with Gasteiger partial charge >= 0.3 is 0 Å². The lowest BCUT2D eigenvalue weighted by atomic mass is 10.2. The maximum Gasteiger partial charge on any atom is 0.265 e. The minimum absolute atomic E-state index is 0.115. The number of ether oxygens (including phenoxy) is 1. The van der Waals surface area contributed by atoms with Gasteiger partial charge in [0.05, 0.1) is 0 Å². The van der Waals surface area contributed by atoms with E-state index in [1.165, 1.54) is 18.5 Å². The number of amides is 1. The Kier molecular flexibility index (Phi) is 5.36. The molecule has 1 heterocycles. The molecule has 1 aliphatic rings. The summed E-state index contributed by atoms with van der Waals surface area (Å²) in [7, 11) is 0. The standard InChI is InChI=1S/C20H24N2O2/c1-2-19(24-18-8-4-3-5-9-18)20(23)21-16-10-12-17(13-11-16)22-14-6-7-15-22/h3-5,8-13,19H,2,6-7,14-15H2,1H3,(H,21,23)/t19-/m0/s1. The number of nitrogens with one attached hydrogen (secondary N) is 1. The Bertz CT molecular complexity index is 649. The van der Waals surface area contributed by atoms with Crippen molar-refractivity contribution in [3.05, 3.63) is 54.6 Å². The second kappa shape index (κ2) is 7.86. The first-order chi connectivity index (χ1) is 11.8. The number of para-hydroxylation sites is 1. The molecule has 1 N–H and O–H groups in total. The van der Waals surface area contributed by atoms with Crippen LogP contribution in [0.3, 0.4) is 0 Å². The number of hydrogen-bond donors (Lipinski definition) is 1. The van der Waals surface area contributed by atoms with Gasteiger partial charge in [-0.3, -0.25) is 4.79 Å². The summed E-state index contributed by atoms with van der Waals surface area (Å²) in [6.45, 7) is 4.19. The minimum atomic E-state index is -0.495. The van der Waals surface area contributed by atoms with Crippen LogP contribution < -0.4 is 15.0 Å². The van der Waals surface area contributed by atoms with Gasteiger partial charge in [-0.15, -0.1) is 0 Å². The van der Waals surface area contributed by atoms with Gasteiger partial charge in [-0.25, -0.2) is 0 Å². The predicted molar refractivity (Wildman–Crippen MR) is 97.7 cm³/mol. The fraction of sp³-hybridized carbons (Fsp3) is 0.350. The van der Waals surface area contributed by atoms with Crippen molar-refractivity contribution in [1.29, 1.82) is 0 Å². The molecule has 1 fully saturated rings. The third-order valence-corrected chi connectivity index (χ3v) is 4.29. The third kappa shape index (κ3) is 4.07. The van der Waals surface area contributed by atoms with Gasteiger partial charge in [-0.05, 0) is 55.7 Å². The highest BCUT2D eigenvalue weighted by molar-refractivity contribution is 5.94. The fourth-order valence-electron chi connectivity index (χ4n) is 2.94. The van der Waals surface area contributed by atoms with Crippen molar-refractivity contribution >= 4 is 17.3 Å². The molecule has 3 rings (SSSR count). The van der Waals surface area contributed by atoms with Crippen LogP contribution in [0.15, 0.2) is 54.6 Å². The highest BCUT2D eigenvalue weighted by atomic mass is 16.5. The van der Waals surface area contributed by atoms with Gasteiger partial charge in [0.2, 0.25) is 0 Å². The molecule has 0 spiro atoms. The van der Waals surface area contributed by atoms with Gasteiger partial charge in [0.1, 0.15) is 5.75 Å². The van der Waals surface area contributed by atoms with Crippen LogP contribution in [0.4, 0.5) is 11.4 Å². The smallest absolute Gasteiger partial charge is 0.265 e. The zero-order valence-corrected chi connectivity index (χ0v) is 14.1. The molecular formula is C20H24N2O2. The first-order valence-corrected chi connectivity index (χ1v) is 8.64. The van der Waals surface area contributed by atoms with Crippen LogP contribution >= 0.6 is 0 Å². The lowest BCUT2D eigenvalue weighted by molar-refractivity contribution is -0.122. The molecule has 0 unspecified atom stereocenters. The van der Waals surface area contributed by atoms with Crippen LogP contribution in [-0.4, -0.2) is 25.1 Å². The average Bonchev–Trinajstić information content (AvgIpc) is 3.16. The maximum atomic E-state index is 12.4. The lowest BCUT2D eigenvalue weighted by Gasteiger charge is -2.19. The molecular weight excluding hydrogens is 300 g/mol. The molecule has 0 radical (unpaired) electrons. The number of hydrogen-bond acceptors (Lipinski definition) is 3. The molecule has 24 heavy (non-hydrogen) atoms. The molecule has 1 saturated heterocycles. The third-order valence-electron chi connectivity index (χ3n) is 4.29. The molecule has 2 aromatic rings. The topological polar surface area (TPSA) is 41.6 Å². The van der Waals surface area contributed by atoms with E-state index in [4.69, 9.17) is 4.74 Å². The Balaban J connectivity index is 1.60. The van der Waals surface area contributed by atoms with Gasteiger partial charge in [-0.2, -0.15) is 0 Å². The SMILES string of the molecule is CC[C@H](Oc1ccccc1)C(=O)Nc1ccc(N2CCCC2)cc1. The van der Waals surface area contributed by atoms with Gasteiger partial charge in [0.15, 0.2) is 6.10 Å². The normalized spacial score (nSPS) is 15.1. The molecule has 126 valence electrons. The largest absolute Gasteiger partial charge is 0.481 e. The van der Waals surface area contributed by atoms with Crippen molar-refractivity contribution in [2.24, 2.45) is 0 Å². The summed E-state index contributed by atoms with van der Waals surface area (Å²) in [6.07, 6.45) is 2.64. The maximum absolute atomic E-state index is 12.4. The van der Waals surface area contributed by atoms with E-state index < -0.39 is 6.10 Å². The van der Waals surface area contributed by atoms with Crippen molar-refractivity contribution in [2.45, 2.75) is 32.3 Å². The van der Waals surface area contributed by atoms with E-state index in [1.54, 1.807) is 0 Å². The number of carbonyl (C=O) groups is 1. The van der Waals surface area contributed by atoms with Crippen LogP contribution in [0, 0.1) is 0 Å². The van der Waals surface area contributed by atoms with Gasteiger partial charge in [0.25, 0.3) is 5.91 Å². The Hall–Kier alpha value is -2.49. The molecule has 0 bridgehead atoms. The molecule has 4 heteroatoms. The Morgan fingerprint density at radius 1 is 1.08 bits per heavy atom. The number of rotatable bonds is 6. The summed E-state index contributed by atoms with van der Waals surface area (Å²) in [5.74, 6) is 0.596. The van der Waals surface area contributed by atoms with Crippen LogP contribution in [-0.2, 0) is 4.79 Å². The van der Waals surface area contributed by atoms with Crippen LogP contribution in [0.1, 0.15) is 26.2 Å². The summed E-state index contributed by atoms with van der Waals surface area (Å²) in [6, 6.07) is 17.5. The van der Waals surface area contributed by atoms with Gasteiger partial charge in [-0.1, -0.05) is 25.1 Å². The zero-order valence-electron chi connectivity index (χ0n) is 14.1. The molecule has 0 saturated carbocycles. The number of anilines is 2. The molecule has 4 nitrogen and oxygen atoms in total. The summed E-state index contributed by atoms with van der Waals surface area (Å²) in [5.41, 5.74) is 2.02. The van der Waals surface area contributed by atoms with Crippen molar-refractivity contribution in [2.75, 3.05) is 23.3 Å². The highest BCUT2D eigenvalue weighted by Gasteiger charge is 2.19. The fourth-order valence-corrected chi connectivity index (χ4v) is 2.94. The molecule has 0 aliphatic carbocycles. The number of nitrogens with zero attached hydrogens (tertiary/aromatic N) is 1. The molecule has 1 aliphatic heterocycles. The minimum Gasteiger partial charge on any atom is -0.481 e. The second-order valence-electron chi connectivity index (χ2n) is 6.06. The second-order valence-corrected chi connectivity index (χ2v) is 6.06. The van der Waals surface area contributed by atoms with E-state index in [1.807, 2.05) is 49.4 Å². The van der Waals surface area contributed by atoms with E-state index in [2.05, 4.69) is 22.3 Å². The van der Waals surface area contributed by atoms with Crippen molar-refractivity contribution in [1.82, 2.24) is 0 Å². The average molecular weight is 324 g/mol. The molecule has 1 atom stereocenters. The Labute approximate surface area is 143 Å². The Morgan fingerprint density at radius 2 is 1.75 bits per heavy atom. The molecule has 2 aromatic carbocycles. The summed E-state index contributed by atoms with van der Waals surface area (Å²) in [4.78, 5) is 14.8. The van der Waals surface area contributed by atoms with Crippen molar-refractivity contribution in [3.8, 4) is 5.75 Å². The lowest BCUT2D eigenvalue weighted by Crippen LogP contribution is -2.32. The van der Waals surface area contributed by atoms with Crippen LogP contribution in [0.5, 0.6) is 5.75 Å². The first-order valence-electron chi connectivity index (χ1n) is 8.64. The van der Waals surface area contributed by atoms with E-state index in [0.717, 1.165) is 18.8 Å². The highest BCUT2D eigenvalue weighted by Crippen LogP contribution is 2.22. The molecule has 0 aromatic heterocycles. The monoisotopic (exact) mass is 324 g/mol. The summed E-state index contributed by atoms with van der Waals surface area (Å²) >= 11 is 0. The van der Waals surface area contributed by atoms with Crippen LogP contribution in [0.2, 0.25) is 0 Å². The first kappa shape index (κ1) is 16.4. The van der Waals surface area contributed by atoms with Gasteiger partial charge < -0.3 is 15.0 Å². The number of carbonyl (C=O) groups excluding carboxylic acids is 1. The van der Waals surface area contributed by atoms with E-state index >= 15 is 0 Å². The van der Waals surface area contributed by atoms with Crippen molar-refractivity contribution < 1.29 is 9.53 Å².